The summed E-state index contributed by atoms with van der Waals surface area (Å²) in [5, 5.41) is 12.0. The van der Waals surface area contributed by atoms with Crippen molar-refractivity contribution in [2.75, 3.05) is 33.3 Å². The number of carbonyl (C=O) groups is 2. The summed E-state index contributed by atoms with van der Waals surface area (Å²) in [6, 6.07) is -0.291. The van der Waals surface area contributed by atoms with Gasteiger partial charge in [-0.1, -0.05) is 0 Å². The standard InChI is InChI=1S/C10H17N3O3.ClH/c1-12-9(16)13(6-7-14)8(15)10(12)2-4-11-5-3-10;/h11,14H,2-7H2,1H3;1H. The Balaban J connectivity index is 0.00000144. The van der Waals surface area contributed by atoms with Crippen molar-refractivity contribution < 1.29 is 14.7 Å². The van der Waals surface area contributed by atoms with Gasteiger partial charge in [0.2, 0.25) is 0 Å². The molecule has 0 saturated carbocycles. The minimum Gasteiger partial charge on any atom is -0.395 e. The van der Waals surface area contributed by atoms with E-state index < -0.39 is 5.54 Å². The zero-order valence-electron chi connectivity index (χ0n) is 9.81. The van der Waals surface area contributed by atoms with Gasteiger partial charge in [-0.05, 0) is 25.9 Å². The molecule has 0 bridgehead atoms. The van der Waals surface area contributed by atoms with Crippen molar-refractivity contribution >= 4 is 24.3 Å². The van der Waals surface area contributed by atoms with Crippen LogP contribution in [0.25, 0.3) is 0 Å². The average Bonchev–Trinajstić information content (AvgIpc) is 2.47. The summed E-state index contributed by atoms with van der Waals surface area (Å²) >= 11 is 0. The molecule has 98 valence electrons. The first-order valence-electron chi connectivity index (χ1n) is 5.55. The summed E-state index contributed by atoms with van der Waals surface area (Å²) in [6.45, 7) is 1.41. The smallest absolute Gasteiger partial charge is 0.327 e. The van der Waals surface area contributed by atoms with Gasteiger partial charge < -0.3 is 15.3 Å². The first-order valence-corrected chi connectivity index (χ1v) is 5.55. The largest absolute Gasteiger partial charge is 0.395 e. The van der Waals surface area contributed by atoms with Gasteiger partial charge in [0.1, 0.15) is 5.54 Å². The lowest BCUT2D eigenvalue weighted by Crippen LogP contribution is -2.54. The number of piperidine rings is 1. The highest BCUT2D eigenvalue weighted by atomic mass is 35.5. The Morgan fingerprint density at radius 1 is 1.35 bits per heavy atom. The van der Waals surface area contributed by atoms with Crippen LogP contribution in [0.5, 0.6) is 0 Å². The molecule has 2 N–H and O–H groups in total. The molecule has 1 spiro atoms. The minimum atomic E-state index is -0.669. The number of imide groups is 1. The summed E-state index contributed by atoms with van der Waals surface area (Å²) in [7, 11) is 1.67. The molecular weight excluding hydrogens is 246 g/mol. The summed E-state index contributed by atoms with van der Waals surface area (Å²) in [6.07, 6.45) is 1.30. The van der Waals surface area contributed by atoms with Gasteiger partial charge in [-0.2, -0.15) is 0 Å². The quantitative estimate of drug-likeness (QED) is 0.654. The zero-order chi connectivity index (χ0) is 11.8. The molecule has 0 aromatic carbocycles. The van der Waals surface area contributed by atoms with Crippen molar-refractivity contribution in [1.29, 1.82) is 0 Å². The van der Waals surface area contributed by atoms with Crippen molar-refractivity contribution in [3.05, 3.63) is 0 Å². The number of halogens is 1. The summed E-state index contributed by atoms with van der Waals surface area (Å²) in [5.41, 5.74) is -0.669. The Kier molecular flexibility index (Phi) is 4.35. The molecule has 0 atom stereocenters. The van der Waals surface area contributed by atoms with E-state index in [0.29, 0.717) is 12.8 Å². The second-order valence-corrected chi connectivity index (χ2v) is 4.30. The van der Waals surface area contributed by atoms with Gasteiger partial charge in [0, 0.05) is 7.05 Å². The lowest BCUT2D eigenvalue weighted by atomic mass is 9.87. The molecule has 0 aromatic rings. The van der Waals surface area contributed by atoms with E-state index >= 15 is 0 Å². The molecule has 0 aromatic heterocycles. The lowest BCUT2D eigenvalue weighted by Gasteiger charge is -2.36. The number of amides is 3. The Morgan fingerprint density at radius 2 is 1.94 bits per heavy atom. The number of hydrogen-bond donors (Lipinski definition) is 2. The molecule has 7 heteroatoms. The van der Waals surface area contributed by atoms with Gasteiger partial charge in [-0.25, -0.2) is 4.79 Å². The highest BCUT2D eigenvalue weighted by molar-refractivity contribution is 6.07. The molecule has 2 fully saturated rings. The summed E-state index contributed by atoms with van der Waals surface area (Å²) < 4.78 is 0. The van der Waals surface area contributed by atoms with Crippen molar-refractivity contribution in [2.24, 2.45) is 0 Å². The number of carbonyl (C=O) groups excluding carboxylic acids is 2. The number of nitrogens with zero attached hydrogens (tertiary/aromatic N) is 2. The molecule has 6 nitrogen and oxygen atoms in total. The van der Waals surface area contributed by atoms with Crippen LogP contribution in [0.4, 0.5) is 4.79 Å². The van der Waals surface area contributed by atoms with Crippen LogP contribution < -0.4 is 5.32 Å². The second kappa shape index (κ2) is 5.20. The first kappa shape index (κ1) is 14.2. The third-order valence-electron chi connectivity index (χ3n) is 3.56. The number of aliphatic hydroxyl groups is 1. The van der Waals surface area contributed by atoms with E-state index in [9.17, 15) is 9.59 Å². The third kappa shape index (κ3) is 2.00. The van der Waals surface area contributed by atoms with E-state index in [4.69, 9.17) is 5.11 Å². The maximum Gasteiger partial charge on any atom is 0.327 e. The topological polar surface area (TPSA) is 72.9 Å². The van der Waals surface area contributed by atoms with Crippen LogP contribution in [0.3, 0.4) is 0 Å². The lowest BCUT2D eigenvalue weighted by molar-refractivity contribution is -0.134. The van der Waals surface area contributed by atoms with Gasteiger partial charge >= 0.3 is 6.03 Å². The molecule has 0 radical (unpaired) electrons. The minimum absolute atomic E-state index is 0. The van der Waals surface area contributed by atoms with Crippen molar-refractivity contribution in [3.8, 4) is 0 Å². The molecule has 17 heavy (non-hydrogen) atoms. The maximum absolute atomic E-state index is 12.2. The Hall–Kier alpha value is -0.850. The monoisotopic (exact) mass is 263 g/mol. The van der Waals surface area contributed by atoms with Crippen molar-refractivity contribution in [1.82, 2.24) is 15.1 Å². The third-order valence-corrected chi connectivity index (χ3v) is 3.56. The predicted molar refractivity (Wildman–Crippen MR) is 64.0 cm³/mol. The fraction of sp³-hybridized carbons (Fsp3) is 0.800. The van der Waals surface area contributed by atoms with E-state index in [0.717, 1.165) is 18.0 Å². The number of nitrogens with one attached hydrogen (secondary N) is 1. The normalized spacial score (nSPS) is 23.2. The van der Waals surface area contributed by atoms with E-state index in [1.807, 2.05) is 0 Å². The zero-order valence-corrected chi connectivity index (χ0v) is 10.6. The van der Waals surface area contributed by atoms with Gasteiger partial charge in [-0.3, -0.25) is 9.69 Å². The second-order valence-electron chi connectivity index (χ2n) is 4.30. The summed E-state index contributed by atoms with van der Waals surface area (Å²) in [5.74, 6) is -0.157. The van der Waals surface area contributed by atoms with Crippen LogP contribution in [-0.2, 0) is 4.79 Å². The Bertz CT molecular complexity index is 318. The van der Waals surface area contributed by atoms with Crippen molar-refractivity contribution in [2.45, 2.75) is 18.4 Å². The van der Waals surface area contributed by atoms with Crippen LogP contribution in [0.2, 0.25) is 0 Å². The maximum atomic E-state index is 12.2. The molecular formula is C10H18ClN3O3. The van der Waals surface area contributed by atoms with Gasteiger partial charge in [-0.15, -0.1) is 12.4 Å². The Morgan fingerprint density at radius 3 is 2.47 bits per heavy atom. The van der Waals surface area contributed by atoms with E-state index in [2.05, 4.69) is 5.32 Å². The molecule has 3 amide bonds. The van der Waals surface area contributed by atoms with Crippen LogP contribution in [0, 0.1) is 0 Å². The molecule has 0 unspecified atom stereocenters. The first-order chi connectivity index (χ1) is 7.63. The summed E-state index contributed by atoms with van der Waals surface area (Å²) in [4.78, 5) is 26.8. The van der Waals surface area contributed by atoms with E-state index in [-0.39, 0.29) is 37.5 Å². The van der Waals surface area contributed by atoms with Crippen LogP contribution >= 0.6 is 12.4 Å². The highest BCUT2D eigenvalue weighted by Crippen LogP contribution is 2.33. The number of aliphatic hydroxyl groups excluding tert-OH is 1. The van der Waals surface area contributed by atoms with Crippen LogP contribution in [-0.4, -0.2) is 65.7 Å². The van der Waals surface area contributed by atoms with E-state index in [1.165, 1.54) is 4.90 Å². The Labute approximate surface area is 106 Å². The number of rotatable bonds is 2. The number of urea groups is 1. The predicted octanol–water partition coefficient (Wildman–Crippen LogP) is -0.583. The van der Waals surface area contributed by atoms with Gasteiger partial charge in [0.05, 0.1) is 13.2 Å². The number of β-amino-alcohol motifs (C(OH)–C–C–N with tert-alkyl or cyclic N) is 1. The molecule has 0 aliphatic carbocycles. The number of hydrogen-bond acceptors (Lipinski definition) is 4. The van der Waals surface area contributed by atoms with Crippen LogP contribution in [0.1, 0.15) is 12.8 Å². The van der Waals surface area contributed by atoms with E-state index in [1.54, 1.807) is 7.05 Å². The fourth-order valence-electron chi connectivity index (χ4n) is 2.53. The molecule has 2 aliphatic heterocycles. The van der Waals surface area contributed by atoms with Gasteiger partial charge in [0.25, 0.3) is 5.91 Å². The molecule has 2 rings (SSSR count). The fourth-order valence-corrected chi connectivity index (χ4v) is 2.53. The van der Waals surface area contributed by atoms with Gasteiger partial charge in [0.15, 0.2) is 0 Å². The average molecular weight is 264 g/mol. The highest BCUT2D eigenvalue weighted by Gasteiger charge is 2.55. The molecule has 2 aliphatic rings. The van der Waals surface area contributed by atoms with Crippen LogP contribution in [0.15, 0.2) is 0 Å². The molecule has 2 heterocycles. The SMILES string of the molecule is CN1C(=O)N(CCO)C(=O)C12CCNCC2.Cl. The molecule has 2 saturated heterocycles. The number of likely N-dealkylation sites (N-methyl/N-ethyl adjacent to an activating group) is 1. The van der Waals surface area contributed by atoms with Crippen molar-refractivity contribution in [3.63, 3.8) is 0 Å².